The third-order valence-electron chi connectivity index (χ3n) is 2.30. The molecule has 0 bridgehead atoms. The molecule has 0 atom stereocenters. The first-order valence-electron chi connectivity index (χ1n) is 5.34. The lowest BCUT2D eigenvalue weighted by atomic mass is 10.4. The van der Waals surface area contributed by atoms with Gasteiger partial charge in [0.1, 0.15) is 5.82 Å². The lowest BCUT2D eigenvalue weighted by Gasteiger charge is -2.07. The van der Waals surface area contributed by atoms with Crippen LogP contribution in [0.3, 0.4) is 0 Å². The molecule has 1 aliphatic carbocycles. The number of nitrogens with zero attached hydrogens (tertiary/aromatic N) is 1. The molecule has 0 saturated heterocycles. The SMILES string of the molecule is CCNc1cc(S(=O)(=O)NC2CC2)ccn1. The van der Waals surface area contributed by atoms with Crippen molar-refractivity contribution in [2.45, 2.75) is 30.7 Å². The Balaban J connectivity index is 2.21. The van der Waals surface area contributed by atoms with Crippen LogP contribution in [-0.2, 0) is 10.0 Å². The maximum atomic E-state index is 11.9. The summed E-state index contributed by atoms with van der Waals surface area (Å²) < 4.78 is 26.4. The molecule has 0 aromatic carbocycles. The number of sulfonamides is 1. The van der Waals surface area contributed by atoms with Gasteiger partial charge in [0.2, 0.25) is 10.0 Å². The fourth-order valence-corrected chi connectivity index (χ4v) is 2.66. The van der Waals surface area contributed by atoms with Gasteiger partial charge >= 0.3 is 0 Å². The van der Waals surface area contributed by atoms with E-state index < -0.39 is 10.0 Å². The minimum atomic E-state index is -3.37. The van der Waals surface area contributed by atoms with E-state index in [-0.39, 0.29) is 10.9 Å². The summed E-state index contributed by atoms with van der Waals surface area (Å²) in [6, 6.07) is 3.18. The van der Waals surface area contributed by atoms with Gasteiger partial charge < -0.3 is 5.32 Å². The Kier molecular flexibility index (Phi) is 3.11. The summed E-state index contributed by atoms with van der Waals surface area (Å²) in [7, 11) is -3.37. The van der Waals surface area contributed by atoms with Crippen molar-refractivity contribution in [3.05, 3.63) is 18.3 Å². The van der Waals surface area contributed by atoms with E-state index in [0.717, 1.165) is 12.8 Å². The van der Waals surface area contributed by atoms with Crippen molar-refractivity contribution in [1.82, 2.24) is 9.71 Å². The molecule has 6 heteroatoms. The van der Waals surface area contributed by atoms with Crippen LogP contribution in [-0.4, -0.2) is 26.0 Å². The summed E-state index contributed by atoms with van der Waals surface area (Å²) in [4.78, 5) is 4.30. The second-order valence-corrected chi connectivity index (χ2v) is 5.52. The van der Waals surface area contributed by atoms with Gasteiger partial charge in [-0.15, -0.1) is 0 Å². The predicted molar refractivity (Wildman–Crippen MR) is 61.7 cm³/mol. The molecule has 88 valence electrons. The van der Waals surface area contributed by atoms with E-state index in [9.17, 15) is 8.42 Å². The minimum absolute atomic E-state index is 0.126. The Bertz CT molecular complexity index is 469. The Morgan fingerprint density at radius 2 is 2.25 bits per heavy atom. The van der Waals surface area contributed by atoms with Crippen LogP contribution < -0.4 is 10.0 Å². The molecular weight excluding hydrogens is 226 g/mol. The Hall–Kier alpha value is -1.14. The van der Waals surface area contributed by atoms with Gasteiger partial charge in [0.15, 0.2) is 0 Å². The summed E-state index contributed by atoms with van der Waals surface area (Å²) in [5.74, 6) is 0.584. The summed E-state index contributed by atoms with van der Waals surface area (Å²) in [5, 5.41) is 2.99. The maximum absolute atomic E-state index is 11.9. The molecule has 1 heterocycles. The molecule has 0 spiro atoms. The summed E-state index contributed by atoms with van der Waals surface area (Å²) in [6.45, 7) is 2.65. The van der Waals surface area contributed by atoms with Crippen LogP contribution in [0.2, 0.25) is 0 Å². The van der Waals surface area contributed by atoms with Crippen LogP contribution in [0.25, 0.3) is 0 Å². The summed E-state index contributed by atoms with van der Waals surface area (Å²) in [6.07, 6.45) is 3.37. The molecule has 16 heavy (non-hydrogen) atoms. The number of hydrogen-bond donors (Lipinski definition) is 2. The van der Waals surface area contributed by atoms with E-state index in [1.54, 1.807) is 6.07 Å². The maximum Gasteiger partial charge on any atom is 0.241 e. The summed E-state index contributed by atoms with van der Waals surface area (Å²) >= 11 is 0. The van der Waals surface area contributed by atoms with Crippen molar-refractivity contribution in [2.75, 3.05) is 11.9 Å². The minimum Gasteiger partial charge on any atom is -0.370 e. The van der Waals surface area contributed by atoms with Gasteiger partial charge in [0.25, 0.3) is 0 Å². The Labute approximate surface area is 95.3 Å². The first kappa shape index (κ1) is 11.3. The van der Waals surface area contributed by atoms with Gasteiger partial charge in [-0.3, -0.25) is 0 Å². The third-order valence-corrected chi connectivity index (χ3v) is 3.82. The zero-order valence-corrected chi connectivity index (χ0v) is 9.92. The number of hydrogen-bond acceptors (Lipinski definition) is 4. The molecule has 1 aliphatic rings. The monoisotopic (exact) mass is 241 g/mol. The molecule has 1 fully saturated rings. The molecular formula is C10H15N3O2S. The fourth-order valence-electron chi connectivity index (χ4n) is 1.34. The highest BCUT2D eigenvalue weighted by Gasteiger charge is 2.28. The van der Waals surface area contributed by atoms with Crippen molar-refractivity contribution >= 4 is 15.8 Å². The average Bonchev–Trinajstić information content (AvgIpc) is 3.02. The molecule has 1 aromatic rings. The van der Waals surface area contributed by atoms with E-state index >= 15 is 0 Å². The largest absolute Gasteiger partial charge is 0.370 e. The lowest BCUT2D eigenvalue weighted by Crippen LogP contribution is -2.25. The van der Waals surface area contributed by atoms with Gasteiger partial charge in [-0.05, 0) is 25.8 Å². The molecule has 2 rings (SSSR count). The molecule has 0 amide bonds. The van der Waals surface area contributed by atoms with Crippen molar-refractivity contribution in [3.63, 3.8) is 0 Å². The van der Waals surface area contributed by atoms with Crippen LogP contribution >= 0.6 is 0 Å². The van der Waals surface area contributed by atoms with Crippen LogP contribution in [0.1, 0.15) is 19.8 Å². The summed E-state index contributed by atoms with van der Waals surface area (Å²) in [5.41, 5.74) is 0. The van der Waals surface area contributed by atoms with E-state index in [2.05, 4.69) is 15.0 Å². The van der Waals surface area contributed by atoms with E-state index in [1.165, 1.54) is 12.3 Å². The van der Waals surface area contributed by atoms with Crippen molar-refractivity contribution in [2.24, 2.45) is 0 Å². The zero-order chi connectivity index (χ0) is 11.6. The first-order valence-corrected chi connectivity index (χ1v) is 6.82. The second-order valence-electron chi connectivity index (χ2n) is 3.80. The van der Waals surface area contributed by atoms with Gasteiger partial charge in [-0.2, -0.15) is 0 Å². The van der Waals surface area contributed by atoms with Crippen LogP contribution in [0, 0.1) is 0 Å². The van der Waals surface area contributed by atoms with Gasteiger partial charge in [0, 0.05) is 24.8 Å². The van der Waals surface area contributed by atoms with Crippen LogP contribution in [0.4, 0.5) is 5.82 Å². The molecule has 0 aliphatic heterocycles. The highest BCUT2D eigenvalue weighted by atomic mass is 32.2. The van der Waals surface area contributed by atoms with Gasteiger partial charge in [0.05, 0.1) is 4.90 Å². The number of rotatable bonds is 5. The van der Waals surface area contributed by atoms with E-state index in [4.69, 9.17) is 0 Å². The van der Waals surface area contributed by atoms with E-state index in [0.29, 0.717) is 12.4 Å². The molecule has 0 unspecified atom stereocenters. The number of aromatic nitrogens is 1. The third kappa shape index (κ3) is 2.70. The van der Waals surface area contributed by atoms with Crippen molar-refractivity contribution in [1.29, 1.82) is 0 Å². The van der Waals surface area contributed by atoms with Gasteiger partial charge in [-0.25, -0.2) is 18.1 Å². The Morgan fingerprint density at radius 3 is 2.88 bits per heavy atom. The standard InChI is InChI=1S/C10H15N3O2S/c1-2-11-10-7-9(5-6-12-10)16(14,15)13-8-3-4-8/h5-8,13H,2-4H2,1H3,(H,11,12). The first-order chi connectivity index (χ1) is 7.62. The predicted octanol–water partition coefficient (Wildman–Crippen LogP) is 0.954. The molecule has 1 saturated carbocycles. The van der Waals surface area contributed by atoms with Crippen molar-refractivity contribution < 1.29 is 8.42 Å². The molecule has 1 aromatic heterocycles. The highest BCUT2D eigenvalue weighted by molar-refractivity contribution is 7.89. The van der Waals surface area contributed by atoms with Gasteiger partial charge in [-0.1, -0.05) is 0 Å². The topological polar surface area (TPSA) is 71.1 Å². The zero-order valence-electron chi connectivity index (χ0n) is 9.10. The smallest absolute Gasteiger partial charge is 0.241 e. The number of nitrogens with one attached hydrogen (secondary N) is 2. The van der Waals surface area contributed by atoms with Crippen LogP contribution in [0.15, 0.2) is 23.2 Å². The normalized spacial score (nSPS) is 16.1. The number of anilines is 1. The van der Waals surface area contributed by atoms with E-state index in [1.807, 2.05) is 6.92 Å². The molecule has 0 radical (unpaired) electrons. The Morgan fingerprint density at radius 1 is 1.50 bits per heavy atom. The second kappa shape index (κ2) is 4.39. The highest BCUT2D eigenvalue weighted by Crippen LogP contribution is 2.22. The lowest BCUT2D eigenvalue weighted by molar-refractivity contribution is 0.581. The van der Waals surface area contributed by atoms with Crippen molar-refractivity contribution in [3.8, 4) is 0 Å². The molecule has 2 N–H and O–H groups in total. The quantitative estimate of drug-likeness (QED) is 0.805. The fraction of sp³-hybridized carbons (Fsp3) is 0.500. The molecule has 5 nitrogen and oxygen atoms in total. The average molecular weight is 241 g/mol. The number of pyridine rings is 1. The van der Waals surface area contributed by atoms with Crippen LogP contribution in [0.5, 0.6) is 0 Å².